The Labute approximate surface area is 126 Å². The molecule has 1 aliphatic rings. The number of rotatable bonds is 2. The zero-order valence-electron chi connectivity index (χ0n) is 12.7. The maximum absolute atomic E-state index is 12.8. The molecule has 2 nitrogen and oxygen atoms in total. The first kappa shape index (κ1) is 13.9. The largest absolute Gasteiger partial charge is 0.332 e. The fourth-order valence-corrected chi connectivity index (χ4v) is 3.16. The van der Waals surface area contributed by atoms with Crippen LogP contribution in [-0.4, -0.2) is 17.4 Å². The molecule has 0 aliphatic carbocycles. The predicted octanol–water partition coefficient (Wildman–Crippen LogP) is 4.28. The molecule has 0 aromatic heterocycles. The first-order chi connectivity index (χ1) is 10.2. The van der Waals surface area contributed by atoms with Crippen molar-refractivity contribution in [1.29, 1.82) is 0 Å². The Bertz CT molecular complexity index is 645. The summed E-state index contributed by atoms with van der Waals surface area (Å²) < 4.78 is 0. The summed E-state index contributed by atoms with van der Waals surface area (Å²) in [4.78, 5) is 14.8. The number of hydrogen-bond acceptors (Lipinski definition) is 1. The van der Waals surface area contributed by atoms with Crippen molar-refractivity contribution in [2.24, 2.45) is 0 Å². The predicted molar refractivity (Wildman–Crippen MR) is 85.4 cm³/mol. The van der Waals surface area contributed by atoms with Crippen molar-refractivity contribution in [3.05, 3.63) is 70.8 Å². The topological polar surface area (TPSA) is 20.3 Å². The fourth-order valence-electron chi connectivity index (χ4n) is 3.16. The van der Waals surface area contributed by atoms with Crippen molar-refractivity contribution in [1.82, 2.24) is 4.90 Å². The highest BCUT2D eigenvalue weighted by molar-refractivity contribution is 5.94. The lowest BCUT2D eigenvalue weighted by Crippen LogP contribution is -2.30. The summed E-state index contributed by atoms with van der Waals surface area (Å²) in [7, 11) is 0. The smallest absolute Gasteiger partial charge is 0.254 e. The number of amides is 1. The van der Waals surface area contributed by atoms with Gasteiger partial charge in [0.1, 0.15) is 0 Å². The van der Waals surface area contributed by atoms with Crippen LogP contribution in [0.2, 0.25) is 0 Å². The summed E-state index contributed by atoms with van der Waals surface area (Å²) >= 11 is 0. The highest BCUT2D eigenvalue weighted by atomic mass is 16.2. The molecule has 0 saturated carbocycles. The number of aryl methyl sites for hydroxylation is 2. The van der Waals surface area contributed by atoms with E-state index >= 15 is 0 Å². The molecule has 0 spiro atoms. The maximum atomic E-state index is 12.8. The monoisotopic (exact) mass is 279 g/mol. The van der Waals surface area contributed by atoms with E-state index in [0.29, 0.717) is 0 Å². The quantitative estimate of drug-likeness (QED) is 0.803. The Kier molecular flexibility index (Phi) is 3.78. The van der Waals surface area contributed by atoms with E-state index in [1.165, 1.54) is 16.7 Å². The average Bonchev–Trinajstić information content (AvgIpc) is 2.97. The standard InChI is InChI=1S/C19H21NO/c1-14-9-11-16(12-10-14)19(21)20-13-5-8-18(20)17-7-4-3-6-15(17)2/h3-4,6-7,9-12,18H,5,8,13H2,1-2H3/t18-/m0/s1. The molecular weight excluding hydrogens is 258 g/mol. The van der Waals surface area contributed by atoms with Gasteiger partial charge in [-0.2, -0.15) is 0 Å². The fraction of sp³-hybridized carbons (Fsp3) is 0.316. The van der Waals surface area contributed by atoms with E-state index in [9.17, 15) is 4.79 Å². The molecule has 1 aliphatic heterocycles. The summed E-state index contributed by atoms with van der Waals surface area (Å²) in [6.07, 6.45) is 2.14. The van der Waals surface area contributed by atoms with Gasteiger partial charge in [-0.25, -0.2) is 0 Å². The average molecular weight is 279 g/mol. The summed E-state index contributed by atoms with van der Waals surface area (Å²) in [6.45, 7) is 5.02. The Hall–Kier alpha value is -2.09. The second-order valence-electron chi connectivity index (χ2n) is 5.88. The molecule has 21 heavy (non-hydrogen) atoms. The molecule has 1 amide bonds. The SMILES string of the molecule is Cc1ccc(C(=O)N2CCC[C@H]2c2ccccc2C)cc1. The highest BCUT2D eigenvalue weighted by Crippen LogP contribution is 2.34. The Morgan fingerprint density at radius 2 is 1.76 bits per heavy atom. The van der Waals surface area contributed by atoms with E-state index < -0.39 is 0 Å². The molecule has 1 heterocycles. The van der Waals surface area contributed by atoms with Crippen LogP contribution < -0.4 is 0 Å². The molecule has 2 heteroatoms. The number of hydrogen-bond donors (Lipinski definition) is 0. The van der Waals surface area contributed by atoms with Crippen LogP contribution in [0.15, 0.2) is 48.5 Å². The number of benzene rings is 2. The minimum atomic E-state index is 0.153. The van der Waals surface area contributed by atoms with Crippen molar-refractivity contribution in [2.75, 3.05) is 6.54 Å². The second kappa shape index (κ2) is 5.72. The molecule has 0 radical (unpaired) electrons. The number of nitrogens with zero attached hydrogens (tertiary/aromatic N) is 1. The third-order valence-corrected chi connectivity index (χ3v) is 4.36. The molecule has 0 unspecified atom stereocenters. The number of carbonyl (C=O) groups is 1. The number of likely N-dealkylation sites (tertiary alicyclic amines) is 1. The van der Waals surface area contributed by atoms with E-state index in [4.69, 9.17) is 0 Å². The van der Waals surface area contributed by atoms with Gasteiger partial charge in [0.25, 0.3) is 5.91 Å². The first-order valence-electron chi connectivity index (χ1n) is 7.60. The molecule has 1 fully saturated rings. The van der Waals surface area contributed by atoms with Gasteiger partial charge in [-0.3, -0.25) is 4.79 Å². The van der Waals surface area contributed by atoms with Gasteiger partial charge in [0.05, 0.1) is 6.04 Å². The molecule has 1 saturated heterocycles. The van der Waals surface area contributed by atoms with Crippen molar-refractivity contribution in [2.45, 2.75) is 32.7 Å². The zero-order valence-corrected chi connectivity index (χ0v) is 12.7. The van der Waals surface area contributed by atoms with Gasteiger partial charge in [0.2, 0.25) is 0 Å². The third kappa shape index (κ3) is 2.71. The Morgan fingerprint density at radius 3 is 2.48 bits per heavy atom. The first-order valence-corrected chi connectivity index (χ1v) is 7.60. The van der Waals surface area contributed by atoms with Crippen molar-refractivity contribution in [3.8, 4) is 0 Å². The minimum Gasteiger partial charge on any atom is -0.332 e. The van der Waals surface area contributed by atoms with Crippen LogP contribution in [0.3, 0.4) is 0 Å². The molecule has 2 aromatic carbocycles. The Balaban J connectivity index is 1.89. The molecule has 2 aromatic rings. The Morgan fingerprint density at radius 1 is 1.05 bits per heavy atom. The summed E-state index contributed by atoms with van der Waals surface area (Å²) in [5, 5.41) is 0. The van der Waals surface area contributed by atoms with Gasteiger partial charge >= 0.3 is 0 Å². The van der Waals surface area contributed by atoms with Crippen LogP contribution in [0.4, 0.5) is 0 Å². The lowest BCUT2D eigenvalue weighted by Gasteiger charge is -2.26. The second-order valence-corrected chi connectivity index (χ2v) is 5.88. The van der Waals surface area contributed by atoms with E-state index in [1.807, 2.05) is 36.1 Å². The number of carbonyl (C=O) groups excluding carboxylic acids is 1. The highest BCUT2D eigenvalue weighted by Gasteiger charge is 2.31. The van der Waals surface area contributed by atoms with Gasteiger partial charge in [0, 0.05) is 12.1 Å². The van der Waals surface area contributed by atoms with Gasteiger partial charge in [-0.1, -0.05) is 42.0 Å². The lowest BCUT2D eigenvalue weighted by molar-refractivity contribution is 0.0735. The van der Waals surface area contributed by atoms with Gasteiger partial charge in [0.15, 0.2) is 0 Å². The van der Waals surface area contributed by atoms with Crippen LogP contribution in [0.5, 0.6) is 0 Å². The molecule has 108 valence electrons. The van der Waals surface area contributed by atoms with E-state index in [0.717, 1.165) is 24.9 Å². The van der Waals surface area contributed by atoms with Crippen molar-refractivity contribution < 1.29 is 4.79 Å². The summed E-state index contributed by atoms with van der Waals surface area (Å²) in [6, 6.07) is 16.5. The zero-order chi connectivity index (χ0) is 14.8. The van der Waals surface area contributed by atoms with E-state index in [1.54, 1.807) is 0 Å². The molecule has 3 rings (SSSR count). The van der Waals surface area contributed by atoms with Gasteiger partial charge in [-0.05, 0) is 49.9 Å². The van der Waals surface area contributed by atoms with E-state index in [-0.39, 0.29) is 11.9 Å². The van der Waals surface area contributed by atoms with Crippen molar-refractivity contribution >= 4 is 5.91 Å². The maximum Gasteiger partial charge on any atom is 0.254 e. The third-order valence-electron chi connectivity index (χ3n) is 4.36. The van der Waals surface area contributed by atoms with E-state index in [2.05, 4.69) is 31.2 Å². The van der Waals surface area contributed by atoms with Crippen LogP contribution in [0.1, 0.15) is 45.9 Å². The van der Waals surface area contributed by atoms with Crippen molar-refractivity contribution in [3.63, 3.8) is 0 Å². The summed E-state index contributed by atoms with van der Waals surface area (Å²) in [5.74, 6) is 0.153. The molecular formula is C19H21NO. The van der Waals surface area contributed by atoms with Crippen LogP contribution >= 0.6 is 0 Å². The van der Waals surface area contributed by atoms with Gasteiger partial charge in [-0.15, -0.1) is 0 Å². The molecule has 0 N–H and O–H groups in total. The minimum absolute atomic E-state index is 0.153. The van der Waals surface area contributed by atoms with Gasteiger partial charge < -0.3 is 4.90 Å². The van der Waals surface area contributed by atoms with Crippen LogP contribution in [0, 0.1) is 13.8 Å². The summed E-state index contributed by atoms with van der Waals surface area (Å²) in [5.41, 5.74) is 4.53. The molecule has 0 bridgehead atoms. The molecule has 1 atom stereocenters. The normalized spacial score (nSPS) is 18.0. The van der Waals surface area contributed by atoms with Crippen LogP contribution in [-0.2, 0) is 0 Å². The lowest BCUT2D eigenvalue weighted by atomic mass is 9.99. The van der Waals surface area contributed by atoms with Crippen LogP contribution in [0.25, 0.3) is 0 Å².